The van der Waals surface area contributed by atoms with Gasteiger partial charge in [-0.2, -0.15) is 0 Å². The minimum atomic E-state index is -0.195. The molecule has 1 aliphatic rings. The molecule has 19 heavy (non-hydrogen) atoms. The summed E-state index contributed by atoms with van der Waals surface area (Å²) in [6.07, 6.45) is 2.85. The maximum atomic E-state index is 13.4. The molecule has 0 saturated carbocycles. The Bertz CT molecular complexity index is 581. The number of para-hydroxylation sites is 1. The highest BCUT2D eigenvalue weighted by atomic mass is 19.1. The fourth-order valence-corrected chi connectivity index (χ4v) is 2.79. The summed E-state index contributed by atoms with van der Waals surface area (Å²) in [6, 6.07) is 15.3. The van der Waals surface area contributed by atoms with Crippen LogP contribution < -0.4 is 5.32 Å². The Labute approximate surface area is 112 Å². The first-order valence-electron chi connectivity index (χ1n) is 6.50. The molecule has 1 nitrogen and oxygen atoms in total. The third kappa shape index (κ3) is 2.26. The van der Waals surface area contributed by atoms with Crippen LogP contribution in [0, 0.1) is 5.82 Å². The number of halogens is 1. The molecule has 0 aromatic heterocycles. The van der Waals surface area contributed by atoms with Crippen molar-refractivity contribution in [2.24, 2.45) is 0 Å². The molecule has 2 aromatic carbocycles. The van der Waals surface area contributed by atoms with Gasteiger partial charge in [-0.1, -0.05) is 36.4 Å². The van der Waals surface area contributed by atoms with E-state index in [1.54, 1.807) is 12.1 Å². The van der Waals surface area contributed by atoms with Crippen molar-refractivity contribution < 1.29 is 4.39 Å². The van der Waals surface area contributed by atoms with Gasteiger partial charge in [-0.05, 0) is 35.7 Å². The van der Waals surface area contributed by atoms with Gasteiger partial charge in [0.1, 0.15) is 5.82 Å². The minimum absolute atomic E-state index is 0.114. The molecule has 0 bridgehead atoms. The maximum absolute atomic E-state index is 13.4. The van der Waals surface area contributed by atoms with E-state index in [1.165, 1.54) is 17.3 Å². The summed E-state index contributed by atoms with van der Waals surface area (Å²) in [7, 11) is 0. The van der Waals surface area contributed by atoms with Crippen LogP contribution in [0.1, 0.15) is 17.0 Å². The van der Waals surface area contributed by atoms with Gasteiger partial charge in [0.2, 0.25) is 0 Å². The van der Waals surface area contributed by atoms with E-state index in [0.717, 1.165) is 12.0 Å². The number of anilines is 1. The summed E-state index contributed by atoms with van der Waals surface area (Å²) in [4.78, 5) is 0. The van der Waals surface area contributed by atoms with Crippen LogP contribution in [0.25, 0.3) is 0 Å². The zero-order chi connectivity index (χ0) is 13.2. The molecule has 2 aromatic rings. The average molecular weight is 253 g/mol. The summed E-state index contributed by atoms with van der Waals surface area (Å²) in [5.41, 5.74) is 3.46. The van der Waals surface area contributed by atoms with Gasteiger partial charge in [-0.15, -0.1) is 6.58 Å². The molecule has 0 aliphatic carbocycles. The molecule has 0 unspecified atom stereocenters. The molecule has 1 aliphatic heterocycles. The lowest BCUT2D eigenvalue weighted by Crippen LogP contribution is -2.23. The first kappa shape index (κ1) is 12.0. The molecule has 2 heteroatoms. The Kier molecular flexibility index (Phi) is 3.08. The number of hydrogen-bond acceptors (Lipinski definition) is 1. The maximum Gasteiger partial charge on any atom is 0.123 e. The van der Waals surface area contributed by atoms with Gasteiger partial charge in [-0.25, -0.2) is 4.39 Å². The Morgan fingerprint density at radius 1 is 1.21 bits per heavy atom. The molecular formula is C17H16FN. The molecule has 96 valence electrons. The number of rotatable bonds is 3. The Hall–Kier alpha value is -2.09. The van der Waals surface area contributed by atoms with E-state index < -0.39 is 0 Å². The van der Waals surface area contributed by atoms with Crippen molar-refractivity contribution in [1.29, 1.82) is 0 Å². The van der Waals surface area contributed by atoms with Gasteiger partial charge < -0.3 is 5.32 Å². The Balaban J connectivity index is 1.88. The van der Waals surface area contributed by atoms with Gasteiger partial charge in [0.25, 0.3) is 0 Å². The Morgan fingerprint density at radius 2 is 2.05 bits per heavy atom. The quantitative estimate of drug-likeness (QED) is 0.811. The van der Waals surface area contributed by atoms with Crippen molar-refractivity contribution in [1.82, 2.24) is 0 Å². The number of hydrogen-bond donors (Lipinski definition) is 1. The lowest BCUT2D eigenvalue weighted by Gasteiger charge is -2.21. The fraction of sp³-hybridized carbons (Fsp3) is 0.176. The van der Waals surface area contributed by atoms with Crippen molar-refractivity contribution in [2.75, 3.05) is 5.32 Å². The zero-order valence-corrected chi connectivity index (χ0v) is 10.6. The molecule has 0 saturated heterocycles. The van der Waals surface area contributed by atoms with Crippen LogP contribution in [0.5, 0.6) is 0 Å². The third-order valence-corrected chi connectivity index (χ3v) is 3.72. The van der Waals surface area contributed by atoms with Crippen LogP contribution in [0.2, 0.25) is 0 Å². The monoisotopic (exact) mass is 253 g/mol. The van der Waals surface area contributed by atoms with Crippen LogP contribution in [-0.4, -0.2) is 6.04 Å². The van der Waals surface area contributed by atoms with Crippen LogP contribution >= 0.6 is 0 Å². The molecule has 0 fully saturated rings. The van der Waals surface area contributed by atoms with E-state index in [0.29, 0.717) is 0 Å². The summed E-state index contributed by atoms with van der Waals surface area (Å²) in [5.74, 6) is -0.0806. The highest BCUT2D eigenvalue weighted by Crippen LogP contribution is 2.33. The van der Waals surface area contributed by atoms with E-state index in [-0.39, 0.29) is 17.8 Å². The van der Waals surface area contributed by atoms with Gasteiger partial charge in [0, 0.05) is 17.6 Å². The van der Waals surface area contributed by atoms with Crippen molar-refractivity contribution in [3.8, 4) is 0 Å². The van der Waals surface area contributed by atoms with Crippen molar-refractivity contribution in [2.45, 2.75) is 18.4 Å². The third-order valence-electron chi connectivity index (χ3n) is 3.72. The van der Waals surface area contributed by atoms with Crippen molar-refractivity contribution in [3.63, 3.8) is 0 Å². The van der Waals surface area contributed by atoms with Crippen LogP contribution in [-0.2, 0) is 6.42 Å². The summed E-state index contributed by atoms with van der Waals surface area (Å²) < 4.78 is 13.4. The zero-order valence-electron chi connectivity index (χ0n) is 10.6. The van der Waals surface area contributed by atoms with Crippen molar-refractivity contribution in [3.05, 3.63) is 78.1 Å². The van der Waals surface area contributed by atoms with E-state index in [9.17, 15) is 4.39 Å². The second-order valence-electron chi connectivity index (χ2n) is 4.93. The Morgan fingerprint density at radius 3 is 2.79 bits per heavy atom. The summed E-state index contributed by atoms with van der Waals surface area (Å²) in [5, 5.41) is 3.51. The van der Waals surface area contributed by atoms with Gasteiger partial charge in [0.15, 0.2) is 0 Å². The molecule has 2 atom stereocenters. The lowest BCUT2D eigenvalue weighted by molar-refractivity contribution is 0.616. The SMILES string of the molecule is C=C[C@@H](c1cccc(F)c1)[C@@H]1Cc2ccccc2N1. The summed E-state index contributed by atoms with van der Waals surface area (Å²) >= 11 is 0. The molecular weight excluding hydrogens is 237 g/mol. The van der Waals surface area contributed by atoms with E-state index in [1.807, 2.05) is 24.3 Å². The van der Waals surface area contributed by atoms with Crippen LogP contribution in [0.4, 0.5) is 10.1 Å². The van der Waals surface area contributed by atoms with Crippen LogP contribution in [0.3, 0.4) is 0 Å². The smallest absolute Gasteiger partial charge is 0.123 e. The fourth-order valence-electron chi connectivity index (χ4n) is 2.79. The molecule has 1 heterocycles. The lowest BCUT2D eigenvalue weighted by atomic mass is 9.90. The molecule has 3 rings (SSSR count). The largest absolute Gasteiger partial charge is 0.381 e. The number of nitrogens with one attached hydrogen (secondary N) is 1. The van der Waals surface area contributed by atoms with Crippen LogP contribution in [0.15, 0.2) is 61.2 Å². The van der Waals surface area contributed by atoms with Gasteiger partial charge in [-0.3, -0.25) is 0 Å². The topological polar surface area (TPSA) is 12.0 Å². The van der Waals surface area contributed by atoms with Gasteiger partial charge in [0.05, 0.1) is 0 Å². The van der Waals surface area contributed by atoms with E-state index in [2.05, 4.69) is 24.0 Å². The molecule has 1 N–H and O–H groups in total. The number of benzene rings is 2. The van der Waals surface area contributed by atoms with Crippen molar-refractivity contribution >= 4 is 5.69 Å². The second kappa shape index (κ2) is 4.88. The standard InChI is InChI=1S/C17H16FN/c1-2-15(12-7-5-8-14(18)10-12)17-11-13-6-3-4-9-16(13)19-17/h2-10,15,17,19H,1,11H2/t15-,17-/m0/s1. The average Bonchev–Trinajstić information content (AvgIpc) is 2.83. The highest BCUT2D eigenvalue weighted by Gasteiger charge is 2.27. The molecule has 0 spiro atoms. The molecule has 0 amide bonds. The summed E-state index contributed by atoms with van der Waals surface area (Å²) in [6.45, 7) is 3.91. The second-order valence-corrected chi connectivity index (χ2v) is 4.93. The predicted octanol–water partition coefficient (Wildman–Crippen LogP) is 4.13. The first-order valence-corrected chi connectivity index (χ1v) is 6.50. The highest BCUT2D eigenvalue weighted by molar-refractivity contribution is 5.57. The minimum Gasteiger partial charge on any atom is -0.381 e. The van der Waals surface area contributed by atoms with E-state index in [4.69, 9.17) is 0 Å². The first-order chi connectivity index (χ1) is 9.28. The predicted molar refractivity (Wildman–Crippen MR) is 76.9 cm³/mol. The molecule has 0 radical (unpaired) electrons. The normalized spacial score (nSPS) is 18.5. The van der Waals surface area contributed by atoms with E-state index >= 15 is 0 Å². The van der Waals surface area contributed by atoms with Gasteiger partial charge >= 0.3 is 0 Å². The number of fused-ring (bicyclic) bond motifs is 1.